The Hall–Kier alpha value is -3.88. The Kier molecular flexibility index (Phi) is 4.61. The van der Waals surface area contributed by atoms with E-state index < -0.39 is 18.2 Å². The molecule has 0 aliphatic rings. The van der Waals surface area contributed by atoms with Crippen LogP contribution in [0.25, 0.3) is 32.9 Å². The van der Waals surface area contributed by atoms with Crippen LogP contribution in [-0.4, -0.2) is 45.4 Å². The minimum absolute atomic E-state index is 0.178. The topological polar surface area (TPSA) is 162 Å². The number of pyridine rings is 1. The van der Waals surface area contributed by atoms with Gasteiger partial charge in [-0.25, -0.2) is 4.98 Å². The second-order valence-corrected chi connectivity index (χ2v) is 7.66. The van der Waals surface area contributed by atoms with Gasteiger partial charge in [0.1, 0.15) is 11.4 Å². The van der Waals surface area contributed by atoms with Gasteiger partial charge in [0.05, 0.1) is 22.0 Å². The van der Waals surface area contributed by atoms with Crippen molar-refractivity contribution in [2.45, 2.75) is 12.3 Å². The maximum atomic E-state index is 12.6. The number of anilines is 1. The van der Waals surface area contributed by atoms with Gasteiger partial charge in [-0.15, -0.1) is 15.3 Å². The second kappa shape index (κ2) is 7.37. The highest BCUT2D eigenvalue weighted by Crippen LogP contribution is 2.29. The third kappa shape index (κ3) is 3.45. The van der Waals surface area contributed by atoms with E-state index in [1.807, 2.05) is 6.07 Å². The molecule has 0 unspecified atom stereocenters. The number of halogens is 2. The summed E-state index contributed by atoms with van der Waals surface area (Å²) in [5.74, 6) is -3.63. The van der Waals surface area contributed by atoms with E-state index in [0.29, 0.717) is 16.4 Å². The predicted octanol–water partition coefficient (Wildman–Crippen LogP) is 2.16. The van der Waals surface area contributed by atoms with Crippen molar-refractivity contribution in [1.82, 2.24) is 35.2 Å². The molecule has 0 saturated carbocycles. The molecule has 0 aliphatic carbocycles. The number of hydrogen-bond acceptors (Lipinski definition) is 11. The number of rotatable bonds is 5. The zero-order chi connectivity index (χ0) is 22.5. The third-order valence-electron chi connectivity index (χ3n) is 4.49. The largest absolute Gasteiger partial charge is 0.415 e. The van der Waals surface area contributed by atoms with Crippen LogP contribution in [0.15, 0.2) is 47.1 Å². The monoisotopic (exact) mass is 458 g/mol. The van der Waals surface area contributed by atoms with Crippen LogP contribution in [0.1, 0.15) is 18.0 Å². The van der Waals surface area contributed by atoms with E-state index in [2.05, 4.69) is 30.5 Å². The molecule has 5 aromatic rings. The van der Waals surface area contributed by atoms with Crippen molar-refractivity contribution >= 4 is 26.7 Å². The summed E-state index contributed by atoms with van der Waals surface area (Å²) in [5, 5.41) is 36.2. The highest BCUT2D eigenvalue weighted by Gasteiger charge is 2.32. The molecule has 14 heteroatoms. The van der Waals surface area contributed by atoms with Crippen molar-refractivity contribution < 1.29 is 23.4 Å². The average Bonchev–Trinajstić information content (AvgIpc) is 3.51. The molecule has 11 nitrogen and oxygen atoms in total. The Labute approximate surface area is 180 Å². The van der Waals surface area contributed by atoms with Crippen LogP contribution in [0.2, 0.25) is 0 Å². The first-order valence-corrected chi connectivity index (χ1v) is 9.75. The standard InChI is InChI=1S/C18H12F2N8O3S/c19-14(20)16-26-25-15(31-16)9-2-4-13(22-6-9)18(29,30)28-7-11(24-27-28)8-1-3-10-12(5-8)32-17(21)23-10/h1-7,14,29-30H,(H2,21,23). The molecular weight excluding hydrogens is 446 g/mol. The van der Waals surface area contributed by atoms with Gasteiger partial charge in [-0.2, -0.15) is 13.5 Å². The van der Waals surface area contributed by atoms with Gasteiger partial charge in [-0.05, 0) is 24.3 Å². The third-order valence-corrected chi connectivity index (χ3v) is 5.34. The lowest BCUT2D eigenvalue weighted by molar-refractivity contribution is -0.203. The number of nitrogens with zero attached hydrogens (tertiary/aromatic N) is 7. The van der Waals surface area contributed by atoms with Crippen molar-refractivity contribution in [3.63, 3.8) is 0 Å². The molecular formula is C18H12F2N8O3S. The summed E-state index contributed by atoms with van der Waals surface area (Å²) < 4.78 is 31.7. The number of nitrogens with two attached hydrogens (primary N) is 1. The summed E-state index contributed by atoms with van der Waals surface area (Å²) in [6.07, 6.45) is -0.380. The molecule has 0 spiro atoms. The van der Waals surface area contributed by atoms with Crippen LogP contribution in [0.4, 0.5) is 13.9 Å². The lowest BCUT2D eigenvalue weighted by Crippen LogP contribution is -2.35. The van der Waals surface area contributed by atoms with Crippen molar-refractivity contribution in [1.29, 1.82) is 0 Å². The van der Waals surface area contributed by atoms with Crippen LogP contribution < -0.4 is 5.73 Å². The molecule has 1 aromatic carbocycles. The zero-order valence-electron chi connectivity index (χ0n) is 15.8. The van der Waals surface area contributed by atoms with Gasteiger partial charge in [-0.3, -0.25) is 4.98 Å². The minimum Gasteiger partial charge on any atom is -0.415 e. The summed E-state index contributed by atoms with van der Waals surface area (Å²) in [4.78, 5) is 8.14. The lowest BCUT2D eigenvalue weighted by atomic mass is 10.1. The molecule has 5 rings (SSSR count). The molecule has 0 fully saturated rings. The van der Waals surface area contributed by atoms with Gasteiger partial charge in [0, 0.05) is 11.8 Å². The van der Waals surface area contributed by atoms with Gasteiger partial charge < -0.3 is 20.4 Å². The van der Waals surface area contributed by atoms with Crippen molar-refractivity contribution in [2.75, 3.05) is 5.73 Å². The number of aromatic nitrogens is 7. The molecule has 162 valence electrons. The predicted molar refractivity (Wildman–Crippen MR) is 107 cm³/mol. The fourth-order valence-electron chi connectivity index (χ4n) is 2.93. The maximum Gasteiger partial charge on any atom is 0.314 e. The number of alkyl halides is 2. The molecule has 4 heterocycles. The first-order valence-electron chi connectivity index (χ1n) is 8.94. The Balaban J connectivity index is 1.42. The Morgan fingerprint density at radius 3 is 2.62 bits per heavy atom. The Morgan fingerprint density at radius 1 is 1.09 bits per heavy atom. The van der Waals surface area contributed by atoms with Gasteiger partial charge >= 0.3 is 12.3 Å². The SMILES string of the molecule is Nc1nc2ccc(-c3cn(C(O)(O)c4ccc(-c5nnc(C(F)F)o5)cn4)nn3)cc2s1. The van der Waals surface area contributed by atoms with Gasteiger partial charge in [-0.1, -0.05) is 22.6 Å². The van der Waals surface area contributed by atoms with Crippen LogP contribution in [0.3, 0.4) is 0 Å². The quantitative estimate of drug-likeness (QED) is 0.333. The lowest BCUT2D eigenvalue weighted by Gasteiger charge is -2.20. The smallest absolute Gasteiger partial charge is 0.314 e. The van der Waals surface area contributed by atoms with Gasteiger partial charge in [0.25, 0.3) is 5.89 Å². The van der Waals surface area contributed by atoms with E-state index in [-0.39, 0.29) is 17.1 Å². The first-order chi connectivity index (χ1) is 15.3. The molecule has 0 aliphatic heterocycles. The zero-order valence-corrected chi connectivity index (χ0v) is 16.6. The molecule has 4 aromatic heterocycles. The highest BCUT2D eigenvalue weighted by atomic mass is 32.1. The van der Waals surface area contributed by atoms with Gasteiger partial charge in [0.15, 0.2) is 5.13 Å². The fourth-order valence-corrected chi connectivity index (χ4v) is 3.70. The molecule has 0 saturated heterocycles. The normalized spacial score (nSPS) is 12.2. The van der Waals surface area contributed by atoms with E-state index in [4.69, 9.17) is 10.2 Å². The molecule has 4 N–H and O–H groups in total. The Morgan fingerprint density at radius 2 is 1.91 bits per heavy atom. The summed E-state index contributed by atoms with van der Waals surface area (Å²) in [6, 6.07) is 7.98. The van der Waals surface area contributed by atoms with Crippen molar-refractivity contribution in [3.8, 4) is 22.7 Å². The molecule has 0 bridgehead atoms. The molecule has 32 heavy (non-hydrogen) atoms. The second-order valence-electron chi connectivity index (χ2n) is 6.60. The maximum absolute atomic E-state index is 12.6. The Bertz CT molecular complexity index is 1410. The van der Waals surface area contributed by atoms with Crippen LogP contribution in [0.5, 0.6) is 0 Å². The highest BCUT2D eigenvalue weighted by molar-refractivity contribution is 7.22. The van der Waals surface area contributed by atoms with E-state index in [0.717, 1.165) is 14.9 Å². The van der Waals surface area contributed by atoms with Crippen LogP contribution >= 0.6 is 11.3 Å². The number of hydrogen-bond donors (Lipinski definition) is 3. The number of nitrogen functional groups attached to an aromatic ring is 1. The van der Waals surface area contributed by atoms with E-state index in [1.54, 1.807) is 12.1 Å². The van der Waals surface area contributed by atoms with Crippen molar-refractivity contribution in [2.24, 2.45) is 0 Å². The van der Waals surface area contributed by atoms with Gasteiger partial charge in [0.2, 0.25) is 5.89 Å². The summed E-state index contributed by atoms with van der Waals surface area (Å²) in [6.45, 7) is 0. The minimum atomic E-state index is -2.90. The van der Waals surface area contributed by atoms with E-state index in [1.165, 1.54) is 35.9 Å². The number of thiazole rings is 1. The van der Waals surface area contributed by atoms with Crippen LogP contribution in [-0.2, 0) is 5.91 Å². The summed E-state index contributed by atoms with van der Waals surface area (Å²) in [5.41, 5.74) is 7.55. The number of benzene rings is 1. The first kappa shape index (κ1) is 20.0. The number of aliphatic hydroxyl groups is 2. The molecule has 0 radical (unpaired) electrons. The summed E-state index contributed by atoms with van der Waals surface area (Å²) in [7, 11) is 0. The molecule has 0 amide bonds. The van der Waals surface area contributed by atoms with E-state index >= 15 is 0 Å². The van der Waals surface area contributed by atoms with Crippen LogP contribution in [0, 0.1) is 0 Å². The van der Waals surface area contributed by atoms with E-state index in [9.17, 15) is 19.0 Å². The summed E-state index contributed by atoms with van der Waals surface area (Å²) >= 11 is 1.32. The number of fused-ring (bicyclic) bond motifs is 1. The van der Waals surface area contributed by atoms with Crippen molar-refractivity contribution in [3.05, 3.63) is 54.3 Å². The average molecular weight is 458 g/mol. The fraction of sp³-hybridized carbons (Fsp3) is 0.111. The molecule has 0 atom stereocenters.